The minimum absolute atomic E-state index is 0.264. The van der Waals surface area contributed by atoms with Crippen LogP contribution in [0, 0.1) is 13.8 Å². The molecule has 1 unspecified atom stereocenters. The first kappa shape index (κ1) is 14.4. The molecule has 1 atom stereocenters. The Hall–Kier alpha value is -1.69. The van der Waals surface area contributed by atoms with E-state index in [1.807, 2.05) is 6.92 Å². The summed E-state index contributed by atoms with van der Waals surface area (Å²) >= 11 is 1.42. The van der Waals surface area contributed by atoms with Gasteiger partial charge >= 0.3 is 5.97 Å². The third-order valence-corrected chi connectivity index (χ3v) is 3.22. The van der Waals surface area contributed by atoms with Crippen LogP contribution in [0.4, 0.5) is 0 Å². The number of aryl methyl sites for hydroxylation is 2. The fraction of sp³-hybridized carbons (Fsp3) is 0.417. The molecule has 1 amide bonds. The second kappa shape index (κ2) is 6.30. The maximum Gasteiger partial charge on any atom is 0.326 e. The first-order valence-corrected chi connectivity index (χ1v) is 6.36. The Kier molecular flexibility index (Phi) is 5.03. The molecule has 5 nitrogen and oxygen atoms in total. The van der Waals surface area contributed by atoms with Crippen LogP contribution in [0.3, 0.4) is 0 Å². The van der Waals surface area contributed by atoms with Crippen molar-refractivity contribution in [3.05, 3.63) is 27.7 Å². The Bertz CT molecular complexity index is 480. The van der Waals surface area contributed by atoms with Crippen LogP contribution in [0.2, 0.25) is 0 Å². The Morgan fingerprint density at radius 1 is 1.50 bits per heavy atom. The normalized spacial score (nSPS) is 12.6. The summed E-state index contributed by atoms with van der Waals surface area (Å²) in [6.45, 7) is 5.40. The number of amides is 1. The van der Waals surface area contributed by atoms with Gasteiger partial charge in [-0.3, -0.25) is 4.79 Å². The fourth-order valence-corrected chi connectivity index (χ4v) is 2.27. The summed E-state index contributed by atoms with van der Waals surface area (Å²) in [6, 6.07) is -0.921. The van der Waals surface area contributed by atoms with Crippen LogP contribution in [-0.2, 0) is 4.79 Å². The first-order chi connectivity index (χ1) is 8.45. The first-order valence-electron chi connectivity index (χ1n) is 5.54. The van der Waals surface area contributed by atoms with Crippen molar-refractivity contribution < 1.29 is 14.7 Å². The fourth-order valence-electron chi connectivity index (χ4n) is 1.46. The summed E-state index contributed by atoms with van der Waals surface area (Å²) in [7, 11) is 0. The topological polar surface area (TPSA) is 79.3 Å². The van der Waals surface area contributed by atoms with Crippen molar-refractivity contribution in [2.24, 2.45) is 0 Å². The van der Waals surface area contributed by atoms with Crippen molar-refractivity contribution >= 4 is 23.2 Å². The maximum absolute atomic E-state index is 11.9. The molecule has 0 aromatic carbocycles. The second-order valence-electron chi connectivity index (χ2n) is 3.81. The van der Waals surface area contributed by atoms with E-state index in [1.165, 1.54) is 11.3 Å². The lowest BCUT2D eigenvalue weighted by Gasteiger charge is -2.11. The predicted octanol–water partition coefficient (Wildman–Crippen LogP) is 1.91. The number of carbonyl (C=O) groups is 2. The molecular weight excluding hydrogens is 252 g/mol. The zero-order chi connectivity index (χ0) is 13.7. The summed E-state index contributed by atoms with van der Waals surface area (Å²) < 4.78 is 0. The molecule has 1 aromatic rings. The van der Waals surface area contributed by atoms with Gasteiger partial charge in [0.05, 0.1) is 5.01 Å². The van der Waals surface area contributed by atoms with E-state index >= 15 is 0 Å². The number of thiazole rings is 1. The van der Waals surface area contributed by atoms with Crippen LogP contribution in [0.5, 0.6) is 0 Å². The number of aliphatic carboxylic acids is 1. The van der Waals surface area contributed by atoms with Crippen LogP contribution < -0.4 is 5.32 Å². The molecular formula is C12H16N2O3S. The Balaban J connectivity index is 2.78. The van der Waals surface area contributed by atoms with E-state index < -0.39 is 17.9 Å². The molecule has 1 aromatic heterocycles. The van der Waals surface area contributed by atoms with Gasteiger partial charge in [-0.05, 0) is 27.2 Å². The number of aromatic nitrogens is 1. The van der Waals surface area contributed by atoms with E-state index in [0.29, 0.717) is 5.69 Å². The zero-order valence-corrected chi connectivity index (χ0v) is 11.4. The molecule has 0 spiro atoms. The van der Waals surface area contributed by atoms with E-state index in [-0.39, 0.29) is 6.42 Å². The average Bonchev–Trinajstić information content (AvgIpc) is 2.63. The van der Waals surface area contributed by atoms with E-state index in [9.17, 15) is 9.59 Å². The molecule has 0 aliphatic carbocycles. The molecule has 0 fully saturated rings. The molecule has 0 aliphatic heterocycles. The molecule has 0 bridgehead atoms. The highest BCUT2D eigenvalue weighted by molar-refractivity contribution is 7.11. The SMILES string of the molecule is C/C=C/CC(NC(=O)c1nc(C)sc1C)C(=O)O. The monoisotopic (exact) mass is 268 g/mol. The molecule has 1 rings (SSSR count). The van der Waals surface area contributed by atoms with Gasteiger partial charge in [-0.25, -0.2) is 9.78 Å². The lowest BCUT2D eigenvalue weighted by molar-refractivity contribution is -0.139. The quantitative estimate of drug-likeness (QED) is 0.799. The lowest BCUT2D eigenvalue weighted by atomic mass is 10.2. The van der Waals surface area contributed by atoms with Gasteiger partial charge in [0.1, 0.15) is 11.7 Å². The number of nitrogens with one attached hydrogen (secondary N) is 1. The average molecular weight is 268 g/mol. The maximum atomic E-state index is 11.9. The second-order valence-corrected chi connectivity index (χ2v) is 5.21. The van der Waals surface area contributed by atoms with E-state index in [1.54, 1.807) is 26.0 Å². The van der Waals surface area contributed by atoms with E-state index in [0.717, 1.165) is 9.88 Å². The summed E-state index contributed by atoms with van der Waals surface area (Å²) in [6.07, 6.45) is 3.72. The highest BCUT2D eigenvalue weighted by atomic mass is 32.1. The largest absolute Gasteiger partial charge is 0.480 e. The number of allylic oxidation sites excluding steroid dienone is 1. The Morgan fingerprint density at radius 2 is 2.17 bits per heavy atom. The van der Waals surface area contributed by atoms with Gasteiger partial charge in [0.2, 0.25) is 0 Å². The Labute approximate surface area is 110 Å². The highest BCUT2D eigenvalue weighted by Gasteiger charge is 2.22. The smallest absolute Gasteiger partial charge is 0.326 e. The molecule has 2 N–H and O–H groups in total. The number of hydrogen-bond acceptors (Lipinski definition) is 4. The van der Waals surface area contributed by atoms with E-state index in [2.05, 4.69) is 10.3 Å². The standard InChI is InChI=1S/C12H16N2O3S/c1-4-5-6-9(12(16)17)14-11(15)10-7(2)18-8(3)13-10/h4-5,9H,6H2,1-3H3,(H,14,15)(H,16,17)/b5-4+. The predicted molar refractivity (Wildman–Crippen MR) is 69.9 cm³/mol. The van der Waals surface area contributed by atoms with Crippen molar-refractivity contribution in [2.75, 3.05) is 0 Å². The molecule has 18 heavy (non-hydrogen) atoms. The van der Waals surface area contributed by atoms with Gasteiger partial charge in [-0.15, -0.1) is 11.3 Å². The van der Waals surface area contributed by atoms with Crippen LogP contribution in [0.15, 0.2) is 12.2 Å². The van der Waals surface area contributed by atoms with Gasteiger partial charge in [-0.2, -0.15) is 0 Å². The Morgan fingerprint density at radius 3 is 2.61 bits per heavy atom. The van der Waals surface area contributed by atoms with Gasteiger partial charge < -0.3 is 10.4 Å². The summed E-state index contributed by atoms with van der Waals surface area (Å²) in [4.78, 5) is 27.8. The van der Waals surface area contributed by atoms with Crippen molar-refractivity contribution in [2.45, 2.75) is 33.2 Å². The van der Waals surface area contributed by atoms with Crippen LogP contribution in [-0.4, -0.2) is 28.0 Å². The molecule has 0 saturated heterocycles. The number of carboxylic acid groups (broad SMARTS) is 1. The minimum Gasteiger partial charge on any atom is -0.480 e. The molecule has 0 saturated carbocycles. The molecule has 1 heterocycles. The number of hydrogen-bond donors (Lipinski definition) is 2. The van der Waals surface area contributed by atoms with E-state index in [4.69, 9.17) is 5.11 Å². The molecule has 0 aliphatic rings. The van der Waals surface area contributed by atoms with Crippen molar-refractivity contribution in [3.63, 3.8) is 0 Å². The lowest BCUT2D eigenvalue weighted by Crippen LogP contribution is -2.40. The van der Waals surface area contributed by atoms with Crippen molar-refractivity contribution in [3.8, 4) is 0 Å². The highest BCUT2D eigenvalue weighted by Crippen LogP contribution is 2.16. The number of nitrogens with zero attached hydrogens (tertiary/aromatic N) is 1. The number of rotatable bonds is 5. The van der Waals surface area contributed by atoms with Gasteiger partial charge in [0.25, 0.3) is 5.91 Å². The number of carboxylic acids is 1. The van der Waals surface area contributed by atoms with Gasteiger partial charge in [0.15, 0.2) is 0 Å². The molecule has 0 radical (unpaired) electrons. The van der Waals surface area contributed by atoms with Crippen LogP contribution in [0.1, 0.15) is 33.7 Å². The summed E-state index contributed by atoms with van der Waals surface area (Å²) in [5.41, 5.74) is 0.309. The van der Waals surface area contributed by atoms with Crippen LogP contribution >= 0.6 is 11.3 Å². The molecule has 98 valence electrons. The van der Waals surface area contributed by atoms with Crippen molar-refractivity contribution in [1.82, 2.24) is 10.3 Å². The third kappa shape index (κ3) is 3.66. The van der Waals surface area contributed by atoms with Crippen LogP contribution in [0.25, 0.3) is 0 Å². The molecule has 6 heteroatoms. The summed E-state index contributed by atoms with van der Waals surface area (Å²) in [5.74, 6) is -1.49. The minimum atomic E-state index is -1.05. The van der Waals surface area contributed by atoms with Gasteiger partial charge in [0, 0.05) is 4.88 Å². The van der Waals surface area contributed by atoms with Gasteiger partial charge in [-0.1, -0.05) is 12.2 Å². The zero-order valence-electron chi connectivity index (χ0n) is 10.6. The summed E-state index contributed by atoms with van der Waals surface area (Å²) in [5, 5.41) is 12.3. The number of carbonyl (C=O) groups excluding carboxylic acids is 1. The van der Waals surface area contributed by atoms with Crippen molar-refractivity contribution in [1.29, 1.82) is 0 Å². The third-order valence-electron chi connectivity index (χ3n) is 2.33.